The lowest BCUT2D eigenvalue weighted by molar-refractivity contribution is 0.111. The Balaban J connectivity index is 1.50. The molecule has 8 heteroatoms. The minimum Gasteiger partial charge on any atom is -0.497 e. The molecule has 37 heavy (non-hydrogen) atoms. The number of aliphatic hydroxyl groups is 1. The average Bonchev–Trinajstić information content (AvgIpc) is 3.41. The molecule has 1 saturated carbocycles. The van der Waals surface area contributed by atoms with Gasteiger partial charge in [-0.05, 0) is 74.9 Å². The number of hydrogen-bond acceptors (Lipinski definition) is 7. The predicted octanol–water partition coefficient (Wildman–Crippen LogP) is 5.49. The molecule has 0 bridgehead atoms. The minimum absolute atomic E-state index is 0.222. The Morgan fingerprint density at radius 2 is 1.89 bits per heavy atom. The van der Waals surface area contributed by atoms with Gasteiger partial charge in [-0.25, -0.2) is 9.78 Å². The van der Waals surface area contributed by atoms with Gasteiger partial charge in [-0.1, -0.05) is 11.2 Å². The lowest BCUT2D eigenvalue weighted by Crippen LogP contribution is -2.22. The van der Waals surface area contributed by atoms with Gasteiger partial charge >= 0.3 is 5.63 Å². The second-order valence-corrected chi connectivity index (χ2v) is 9.89. The lowest BCUT2D eigenvalue weighted by atomic mass is 9.92. The maximum Gasteiger partial charge on any atom is 0.336 e. The molecule has 6 rings (SSSR count). The van der Waals surface area contributed by atoms with E-state index in [4.69, 9.17) is 18.7 Å². The second-order valence-electron chi connectivity index (χ2n) is 9.89. The molecule has 5 aromatic rings. The summed E-state index contributed by atoms with van der Waals surface area (Å²) in [7, 11) is 1.59. The van der Waals surface area contributed by atoms with Gasteiger partial charge in [-0.2, -0.15) is 0 Å². The number of imidazole rings is 1. The van der Waals surface area contributed by atoms with Gasteiger partial charge in [0.15, 0.2) is 0 Å². The summed E-state index contributed by atoms with van der Waals surface area (Å²) >= 11 is 0. The monoisotopic (exact) mass is 499 g/mol. The van der Waals surface area contributed by atoms with Gasteiger partial charge < -0.3 is 23.4 Å². The summed E-state index contributed by atoms with van der Waals surface area (Å²) in [4.78, 5) is 17.5. The average molecular weight is 500 g/mol. The van der Waals surface area contributed by atoms with Crippen molar-refractivity contribution in [2.24, 2.45) is 0 Å². The number of aryl methyl sites for hydroxylation is 2. The van der Waals surface area contributed by atoms with E-state index in [1.165, 1.54) is 0 Å². The third-order valence-electron chi connectivity index (χ3n) is 7.50. The van der Waals surface area contributed by atoms with Crippen LogP contribution in [0.25, 0.3) is 33.1 Å². The van der Waals surface area contributed by atoms with E-state index in [2.05, 4.69) is 27.9 Å². The molecular weight excluding hydrogens is 470 g/mol. The first-order valence-electron chi connectivity index (χ1n) is 12.6. The highest BCUT2D eigenvalue weighted by molar-refractivity contribution is 5.85. The summed E-state index contributed by atoms with van der Waals surface area (Å²) in [5.41, 5.74) is 5.71. The smallest absolute Gasteiger partial charge is 0.336 e. The summed E-state index contributed by atoms with van der Waals surface area (Å²) in [6.45, 7) is 3.85. The molecule has 0 saturated heterocycles. The number of rotatable bonds is 5. The van der Waals surface area contributed by atoms with Crippen molar-refractivity contribution in [1.82, 2.24) is 14.7 Å². The SMILES string of the molecule is COc1ccc2c(Cc3nc4cc(-c5c(C)noc5C)ccc4n3C3CCC(O)CC3)cc(=O)oc2c1. The Morgan fingerprint density at radius 1 is 1.08 bits per heavy atom. The van der Waals surface area contributed by atoms with Crippen LogP contribution in [0.2, 0.25) is 0 Å². The molecule has 0 aliphatic heterocycles. The summed E-state index contributed by atoms with van der Waals surface area (Å²) < 4.78 is 18.5. The summed E-state index contributed by atoms with van der Waals surface area (Å²) in [5.74, 6) is 2.29. The van der Waals surface area contributed by atoms with Crippen LogP contribution in [0.15, 0.2) is 56.2 Å². The number of aromatic nitrogens is 3. The molecule has 3 heterocycles. The van der Waals surface area contributed by atoms with Crippen LogP contribution in [0.3, 0.4) is 0 Å². The van der Waals surface area contributed by atoms with E-state index in [0.29, 0.717) is 17.8 Å². The van der Waals surface area contributed by atoms with Crippen molar-refractivity contribution in [3.8, 4) is 16.9 Å². The van der Waals surface area contributed by atoms with Crippen LogP contribution in [-0.4, -0.2) is 33.0 Å². The Labute approximate surface area is 213 Å². The van der Waals surface area contributed by atoms with Crippen molar-refractivity contribution in [3.63, 3.8) is 0 Å². The van der Waals surface area contributed by atoms with E-state index in [1.807, 2.05) is 26.0 Å². The molecule has 1 fully saturated rings. The summed E-state index contributed by atoms with van der Waals surface area (Å²) in [6.07, 6.45) is 3.50. The van der Waals surface area contributed by atoms with Gasteiger partial charge in [-0.15, -0.1) is 0 Å². The highest BCUT2D eigenvalue weighted by atomic mass is 16.5. The molecule has 0 atom stereocenters. The first-order valence-corrected chi connectivity index (χ1v) is 12.6. The number of fused-ring (bicyclic) bond motifs is 2. The van der Waals surface area contributed by atoms with Crippen LogP contribution in [-0.2, 0) is 6.42 Å². The normalized spacial score (nSPS) is 18.1. The van der Waals surface area contributed by atoms with E-state index >= 15 is 0 Å². The fourth-order valence-electron chi connectivity index (χ4n) is 5.70. The van der Waals surface area contributed by atoms with Crippen LogP contribution >= 0.6 is 0 Å². The van der Waals surface area contributed by atoms with Crippen molar-refractivity contribution >= 4 is 22.0 Å². The van der Waals surface area contributed by atoms with Gasteiger partial charge in [0.25, 0.3) is 0 Å². The van der Waals surface area contributed by atoms with Gasteiger partial charge in [0.2, 0.25) is 0 Å². The first-order chi connectivity index (χ1) is 17.9. The molecule has 3 aromatic heterocycles. The quantitative estimate of drug-likeness (QED) is 0.319. The summed E-state index contributed by atoms with van der Waals surface area (Å²) in [5, 5.41) is 15.1. The topological polar surface area (TPSA) is 104 Å². The van der Waals surface area contributed by atoms with Crippen molar-refractivity contribution < 1.29 is 18.8 Å². The Bertz CT molecular complexity index is 1650. The molecule has 1 aliphatic rings. The third kappa shape index (κ3) is 4.21. The standard InChI is InChI=1S/C29H29N3O5/c1-16-29(17(2)37-31-16)18-4-11-25-24(12-18)30-27(32(25)20-5-7-21(33)8-6-20)13-19-14-28(34)36-26-15-22(35-3)9-10-23(19)26/h4,9-12,14-15,20-21,33H,5-8,13H2,1-3H3. The van der Waals surface area contributed by atoms with Crippen LogP contribution in [0.1, 0.15) is 54.6 Å². The van der Waals surface area contributed by atoms with Crippen LogP contribution in [0.5, 0.6) is 5.75 Å². The zero-order chi connectivity index (χ0) is 25.7. The van der Waals surface area contributed by atoms with Crippen LogP contribution < -0.4 is 10.4 Å². The minimum atomic E-state index is -0.403. The predicted molar refractivity (Wildman–Crippen MR) is 140 cm³/mol. The molecule has 0 amide bonds. The van der Waals surface area contributed by atoms with Gasteiger partial charge in [-0.3, -0.25) is 0 Å². The fraction of sp³-hybridized carbons (Fsp3) is 0.345. The van der Waals surface area contributed by atoms with Crippen molar-refractivity contribution in [2.75, 3.05) is 7.11 Å². The van der Waals surface area contributed by atoms with E-state index < -0.39 is 5.63 Å². The lowest BCUT2D eigenvalue weighted by Gasteiger charge is -2.28. The first kappa shape index (κ1) is 23.5. The number of ether oxygens (including phenoxy) is 1. The summed E-state index contributed by atoms with van der Waals surface area (Å²) in [6, 6.07) is 13.6. The Kier molecular flexibility index (Phi) is 5.83. The molecule has 1 aliphatic carbocycles. The molecule has 1 N–H and O–H groups in total. The van der Waals surface area contributed by atoms with Crippen LogP contribution in [0.4, 0.5) is 0 Å². The molecule has 190 valence electrons. The molecule has 8 nitrogen and oxygen atoms in total. The number of benzene rings is 2. The van der Waals surface area contributed by atoms with Crippen molar-refractivity contribution in [3.05, 3.63) is 75.7 Å². The highest BCUT2D eigenvalue weighted by Gasteiger charge is 2.26. The Hall–Kier alpha value is -3.91. The molecule has 0 radical (unpaired) electrons. The zero-order valence-electron chi connectivity index (χ0n) is 21.2. The second kappa shape index (κ2) is 9.19. The third-order valence-corrected chi connectivity index (χ3v) is 7.50. The van der Waals surface area contributed by atoms with Crippen molar-refractivity contribution in [1.29, 1.82) is 0 Å². The van der Waals surface area contributed by atoms with Gasteiger partial charge in [0, 0.05) is 35.5 Å². The van der Waals surface area contributed by atoms with E-state index in [1.54, 1.807) is 19.2 Å². The van der Waals surface area contributed by atoms with E-state index in [0.717, 1.165) is 76.1 Å². The van der Waals surface area contributed by atoms with Gasteiger partial charge in [0.05, 0.1) is 29.9 Å². The fourth-order valence-corrected chi connectivity index (χ4v) is 5.70. The molecule has 0 spiro atoms. The molecule has 0 unspecified atom stereocenters. The largest absolute Gasteiger partial charge is 0.497 e. The number of aliphatic hydroxyl groups excluding tert-OH is 1. The van der Waals surface area contributed by atoms with Crippen molar-refractivity contribution in [2.45, 2.75) is 58.1 Å². The Morgan fingerprint density at radius 3 is 2.62 bits per heavy atom. The number of nitrogens with zero attached hydrogens (tertiary/aromatic N) is 3. The zero-order valence-corrected chi connectivity index (χ0v) is 21.2. The van der Waals surface area contributed by atoms with E-state index in [9.17, 15) is 9.90 Å². The maximum atomic E-state index is 12.5. The molecule has 2 aromatic carbocycles. The molecular formula is C29H29N3O5. The van der Waals surface area contributed by atoms with Crippen LogP contribution in [0, 0.1) is 13.8 Å². The number of methoxy groups -OCH3 is 1. The van der Waals surface area contributed by atoms with Gasteiger partial charge in [0.1, 0.15) is 22.9 Å². The van der Waals surface area contributed by atoms with E-state index in [-0.39, 0.29) is 12.1 Å². The number of hydrogen-bond donors (Lipinski definition) is 1. The maximum absolute atomic E-state index is 12.5. The highest BCUT2D eigenvalue weighted by Crippen LogP contribution is 2.36.